The molecule has 2 atom stereocenters. The van der Waals surface area contributed by atoms with Crippen molar-refractivity contribution in [2.24, 2.45) is 0 Å². The van der Waals surface area contributed by atoms with Crippen molar-refractivity contribution in [2.75, 3.05) is 46.9 Å². The van der Waals surface area contributed by atoms with Crippen LogP contribution < -0.4 is 5.32 Å². The highest BCUT2D eigenvalue weighted by Gasteiger charge is 2.39. The summed E-state index contributed by atoms with van der Waals surface area (Å²) >= 11 is 0. The summed E-state index contributed by atoms with van der Waals surface area (Å²) in [6, 6.07) is 0.591. The topological polar surface area (TPSA) is 27.7 Å². The minimum absolute atomic E-state index is 0.237. The lowest BCUT2D eigenvalue weighted by atomic mass is 9.94. The first-order valence-electron chi connectivity index (χ1n) is 7.24. The maximum Gasteiger partial charge on any atom is 0.0703 e. The van der Waals surface area contributed by atoms with Gasteiger partial charge in [0, 0.05) is 44.4 Å². The number of hydrogen-bond acceptors (Lipinski definition) is 4. The van der Waals surface area contributed by atoms with Crippen molar-refractivity contribution >= 4 is 0 Å². The summed E-state index contributed by atoms with van der Waals surface area (Å²) in [6.07, 6.45) is 2.91. The fourth-order valence-electron chi connectivity index (χ4n) is 3.58. The SMILES string of the molecule is CNCC1CN(C)CC(C)(C)N1CC1CCCO1. The van der Waals surface area contributed by atoms with Crippen LogP contribution in [0.4, 0.5) is 0 Å². The van der Waals surface area contributed by atoms with E-state index in [2.05, 4.69) is 36.0 Å². The van der Waals surface area contributed by atoms with Gasteiger partial charge in [0.15, 0.2) is 0 Å². The van der Waals surface area contributed by atoms with Gasteiger partial charge in [-0.2, -0.15) is 0 Å². The summed E-state index contributed by atoms with van der Waals surface area (Å²) in [4.78, 5) is 5.12. The maximum absolute atomic E-state index is 5.83. The van der Waals surface area contributed by atoms with Crippen LogP contribution in [0.25, 0.3) is 0 Å². The lowest BCUT2D eigenvalue weighted by molar-refractivity contribution is -0.0450. The second-order valence-corrected chi connectivity index (χ2v) is 6.51. The van der Waals surface area contributed by atoms with Crippen molar-refractivity contribution in [1.82, 2.24) is 15.1 Å². The van der Waals surface area contributed by atoms with Crippen molar-refractivity contribution in [3.05, 3.63) is 0 Å². The molecule has 0 radical (unpaired) electrons. The van der Waals surface area contributed by atoms with Gasteiger partial charge < -0.3 is 15.0 Å². The summed E-state index contributed by atoms with van der Waals surface area (Å²) in [6.45, 7) is 10.1. The Morgan fingerprint density at radius 1 is 1.39 bits per heavy atom. The van der Waals surface area contributed by atoms with E-state index in [1.807, 2.05) is 7.05 Å². The van der Waals surface area contributed by atoms with Crippen LogP contribution in [0.3, 0.4) is 0 Å². The molecule has 2 saturated heterocycles. The molecule has 2 aliphatic rings. The van der Waals surface area contributed by atoms with Gasteiger partial charge in [-0.1, -0.05) is 0 Å². The molecule has 0 aromatic carbocycles. The number of likely N-dealkylation sites (N-methyl/N-ethyl adjacent to an activating group) is 2. The van der Waals surface area contributed by atoms with Crippen LogP contribution in [0, 0.1) is 0 Å². The quantitative estimate of drug-likeness (QED) is 0.803. The molecule has 2 aliphatic heterocycles. The Hall–Kier alpha value is -0.160. The minimum atomic E-state index is 0.237. The number of hydrogen-bond donors (Lipinski definition) is 1. The van der Waals surface area contributed by atoms with Crippen LogP contribution in [0.5, 0.6) is 0 Å². The molecule has 0 aliphatic carbocycles. The van der Waals surface area contributed by atoms with E-state index in [1.54, 1.807) is 0 Å². The predicted octanol–water partition coefficient (Wildman–Crippen LogP) is 0.779. The molecule has 0 spiro atoms. The molecule has 2 rings (SSSR count). The van der Waals surface area contributed by atoms with Crippen molar-refractivity contribution in [2.45, 2.75) is 44.4 Å². The maximum atomic E-state index is 5.83. The molecule has 0 saturated carbocycles. The standard InChI is InChI=1S/C14H29N3O/c1-14(2)11-16(4)9-12(8-15-3)17(14)10-13-6-5-7-18-13/h12-13,15H,5-11H2,1-4H3. The van der Waals surface area contributed by atoms with Crippen LogP contribution in [-0.2, 0) is 4.74 Å². The third kappa shape index (κ3) is 3.23. The highest BCUT2D eigenvalue weighted by molar-refractivity contribution is 4.96. The molecule has 18 heavy (non-hydrogen) atoms. The first kappa shape index (κ1) is 14.3. The van der Waals surface area contributed by atoms with E-state index in [4.69, 9.17) is 4.74 Å². The summed E-state index contributed by atoms with van der Waals surface area (Å²) in [7, 11) is 4.28. The molecule has 0 amide bonds. The van der Waals surface area contributed by atoms with E-state index in [0.29, 0.717) is 12.1 Å². The molecule has 2 fully saturated rings. The Labute approximate surface area is 112 Å². The lowest BCUT2D eigenvalue weighted by Crippen LogP contribution is -2.66. The van der Waals surface area contributed by atoms with Gasteiger partial charge in [-0.15, -0.1) is 0 Å². The first-order chi connectivity index (χ1) is 8.53. The van der Waals surface area contributed by atoms with Crippen LogP contribution >= 0.6 is 0 Å². The van der Waals surface area contributed by atoms with Gasteiger partial charge in [0.1, 0.15) is 0 Å². The summed E-state index contributed by atoms with van der Waals surface area (Å²) < 4.78 is 5.83. The van der Waals surface area contributed by atoms with Crippen molar-refractivity contribution in [3.8, 4) is 0 Å². The summed E-state index contributed by atoms with van der Waals surface area (Å²) in [5, 5.41) is 3.34. The second kappa shape index (κ2) is 5.87. The normalized spacial score (nSPS) is 34.0. The van der Waals surface area contributed by atoms with Gasteiger partial charge in [0.2, 0.25) is 0 Å². The van der Waals surface area contributed by atoms with E-state index in [9.17, 15) is 0 Å². The fourth-order valence-corrected chi connectivity index (χ4v) is 3.58. The zero-order valence-electron chi connectivity index (χ0n) is 12.4. The Balaban J connectivity index is 2.04. The Morgan fingerprint density at radius 3 is 2.78 bits per heavy atom. The van der Waals surface area contributed by atoms with Gasteiger partial charge in [0.25, 0.3) is 0 Å². The second-order valence-electron chi connectivity index (χ2n) is 6.51. The highest BCUT2D eigenvalue weighted by Crippen LogP contribution is 2.26. The van der Waals surface area contributed by atoms with E-state index in [-0.39, 0.29) is 5.54 Å². The number of nitrogens with one attached hydrogen (secondary N) is 1. The zero-order valence-corrected chi connectivity index (χ0v) is 12.4. The molecule has 2 heterocycles. The third-order valence-corrected chi connectivity index (χ3v) is 4.26. The van der Waals surface area contributed by atoms with Crippen molar-refractivity contribution in [1.29, 1.82) is 0 Å². The average Bonchev–Trinajstić information content (AvgIpc) is 2.75. The molecular weight excluding hydrogens is 226 g/mol. The summed E-state index contributed by atoms with van der Waals surface area (Å²) in [5.74, 6) is 0. The van der Waals surface area contributed by atoms with Crippen LogP contribution in [-0.4, -0.2) is 74.4 Å². The molecule has 0 aromatic rings. The number of rotatable bonds is 4. The predicted molar refractivity (Wildman–Crippen MR) is 75.0 cm³/mol. The molecule has 1 N–H and O–H groups in total. The van der Waals surface area contributed by atoms with Crippen LogP contribution in [0.2, 0.25) is 0 Å². The number of ether oxygens (including phenoxy) is 1. The molecule has 106 valence electrons. The summed E-state index contributed by atoms with van der Waals surface area (Å²) in [5.41, 5.74) is 0.237. The van der Waals surface area contributed by atoms with Gasteiger partial charge in [-0.3, -0.25) is 4.90 Å². The van der Waals surface area contributed by atoms with Gasteiger partial charge in [-0.05, 0) is 40.8 Å². The molecule has 4 heteroatoms. The molecule has 0 aromatic heterocycles. The highest BCUT2D eigenvalue weighted by atomic mass is 16.5. The van der Waals surface area contributed by atoms with E-state index in [0.717, 1.165) is 32.8 Å². The monoisotopic (exact) mass is 255 g/mol. The zero-order chi connectivity index (χ0) is 13.2. The largest absolute Gasteiger partial charge is 0.377 e. The fraction of sp³-hybridized carbons (Fsp3) is 1.00. The van der Waals surface area contributed by atoms with E-state index in [1.165, 1.54) is 12.8 Å². The lowest BCUT2D eigenvalue weighted by Gasteiger charge is -2.51. The Kier molecular flexibility index (Phi) is 4.64. The van der Waals surface area contributed by atoms with Crippen molar-refractivity contribution in [3.63, 3.8) is 0 Å². The molecule has 2 unspecified atom stereocenters. The van der Waals surface area contributed by atoms with Crippen molar-refractivity contribution < 1.29 is 4.74 Å². The smallest absolute Gasteiger partial charge is 0.0703 e. The van der Waals surface area contributed by atoms with E-state index >= 15 is 0 Å². The molecule has 4 nitrogen and oxygen atoms in total. The number of nitrogens with zero attached hydrogens (tertiary/aromatic N) is 2. The van der Waals surface area contributed by atoms with Crippen LogP contribution in [0.15, 0.2) is 0 Å². The molecule has 0 bridgehead atoms. The molecular formula is C14H29N3O. The van der Waals surface area contributed by atoms with E-state index < -0.39 is 0 Å². The first-order valence-corrected chi connectivity index (χ1v) is 7.24. The minimum Gasteiger partial charge on any atom is -0.377 e. The van der Waals surface area contributed by atoms with Gasteiger partial charge >= 0.3 is 0 Å². The Morgan fingerprint density at radius 2 is 2.17 bits per heavy atom. The third-order valence-electron chi connectivity index (χ3n) is 4.26. The Bertz CT molecular complexity index is 264. The number of piperazine rings is 1. The van der Waals surface area contributed by atoms with Crippen LogP contribution in [0.1, 0.15) is 26.7 Å². The van der Waals surface area contributed by atoms with Gasteiger partial charge in [0.05, 0.1) is 6.10 Å². The average molecular weight is 255 g/mol. The van der Waals surface area contributed by atoms with Gasteiger partial charge in [-0.25, -0.2) is 0 Å².